The van der Waals surface area contributed by atoms with Crippen molar-refractivity contribution in [2.45, 2.75) is 32.8 Å². The van der Waals surface area contributed by atoms with E-state index in [2.05, 4.69) is 12.2 Å². The van der Waals surface area contributed by atoms with Crippen LogP contribution in [0, 0.1) is 0 Å². The maximum absolute atomic E-state index is 12.4. The first-order chi connectivity index (χ1) is 14.2. The zero-order chi connectivity index (χ0) is 22.1. The van der Waals surface area contributed by atoms with Gasteiger partial charge in [0.2, 0.25) is 10.0 Å². The van der Waals surface area contributed by atoms with Crippen LogP contribution in [0.15, 0.2) is 48.5 Å². The summed E-state index contributed by atoms with van der Waals surface area (Å²) in [6.45, 7) is 4.69. The molecule has 8 heteroatoms. The summed E-state index contributed by atoms with van der Waals surface area (Å²) >= 11 is 0. The Morgan fingerprint density at radius 2 is 1.63 bits per heavy atom. The molecule has 164 valence electrons. The summed E-state index contributed by atoms with van der Waals surface area (Å²) in [7, 11) is -1.85. The van der Waals surface area contributed by atoms with Gasteiger partial charge in [-0.2, -0.15) is 0 Å². The summed E-state index contributed by atoms with van der Waals surface area (Å²) in [5.74, 6) is 1.04. The van der Waals surface area contributed by atoms with Gasteiger partial charge in [0.25, 0.3) is 5.91 Å². The van der Waals surface area contributed by atoms with E-state index >= 15 is 0 Å². The summed E-state index contributed by atoms with van der Waals surface area (Å²) in [5, 5.41) is 2.82. The zero-order valence-corrected chi connectivity index (χ0v) is 18.7. The summed E-state index contributed by atoms with van der Waals surface area (Å²) in [6, 6.07) is 14.5. The zero-order valence-electron chi connectivity index (χ0n) is 17.9. The van der Waals surface area contributed by atoms with Gasteiger partial charge in [-0.25, -0.2) is 8.42 Å². The van der Waals surface area contributed by atoms with Crippen LogP contribution in [0.3, 0.4) is 0 Å². The number of benzene rings is 2. The standard InChI is InChI=1S/C22H30N2O5S/c1-5-17-7-11-19(12-8-17)28-16-15-23-22(25)21(6-2)29-20-13-9-18(10-14-20)24(3)30(4,26)27/h7-14,21H,5-6,15-16H2,1-4H3,(H,23,25)/t21-/m0/s1. The summed E-state index contributed by atoms with van der Waals surface area (Å²) in [5.41, 5.74) is 1.76. The molecule has 0 aliphatic carbocycles. The average molecular weight is 435 g/mol. The molecule has 2 rings (SSSR count). The van der Waals surface area contributed by atoms with E-state index in [1.54, 1.807) is 24.3 Å². The molecule has 0 fully saturated rings. The van der Waals surface area contributed by atoms with E-state index < -0.39 is 16.1 Å². The Labute approximate surface area is 179 Å². The van der Waals surface area contributed by atoms with Crippen LogP contribution in [0.1, 0.15) is 25.8 Å². The third-order valence-corrected chi connectivity index (χ3v) is 5.85. The van der Waals surface area contributed by atoms with Crippen molar-refractivity contribution in [3.63, 3.8) is 0 Å². The van der Waals surface area contributed by atoms with Gasteiger partial charge in [0.05, 0.1) is 18.5 Å². The largest absolute Gasteiger partial charge is 0.492 e. The second-order valence-corrected chi connectivity index (χ2v) is 8.89. The lowest BCUT2D eigenvalue weighted by Gasteiger charge is -2.19. The second-order valence-electron chi connectivity index (χ2n) is 6.88. The fraction of sp³-hybridized carbons (Fsp3) is 0.409. The van der Waals surface area contributed by atoms with Crippen LogP contribution in [-0.2, 0) is 21.2 Å². The first kappa shape index (κ1) is 23.5. The molecule has 7 nitrogen and oxygen atoms in total. The second kappa shape index (κ2) is 10.9. The van der Waals surface area contributed by atoms with Crippen molar-refractivity contribution in [3.05, 3.63) is 54.1 Å². The maximum Gasteiger partial charge on any atom is 0.261 e. The van der Waals surface area contributed by atoms with E-state index in [0.717, 1.165) is 18.4 Å². The van der Waals surface area contributed by atoms with Gasteiger partial charge in [-0.3, -0.25) is 9.10 Å². The van der Waals surface area contributed by atoms with E-state index in [4.69, 9.17) is 9.47 Å². The lowest BCUT2D eigenvalue weighted by molar-refractivity contribution is -0.128. The molecule has 0 saturated carbocycles. The van der Waals surface area contributed by atoms with Crippen molar-refractivity contribution in [2.24, 2.45) is 0 Å². The van der Waals surface area contributed by atoms with Crippen molar-refractivity contribution in [1.29, 1.82) is 0 Å². The Balaban J connectivity index is 1.82. The van der Waals surface area contributed by atoms with Gasteiger partial charge in [-0.1, -0.05) is 26.0 Å². The molecular weight excluding hydrogens is 404 g/mol. The van der Waals surface area contributed by atoms with E-state index in [1.807, 2.05) is 31.2 Å². The van der Waals surface area contributed by atoms with Crippen molar-refractivity contribution in [3.8, 4) is 11.5 Å². The molecule has 0 bridgehead atoms. The maximum atomic E-state index is 12.4. The van der Waals surface area contributed by atoms with E-state index in [-0.39, 0.29) is 5.91 Å². The average Bonchev–Trinajstić information content (AvgIpc) is 2.74. The number of carbonyl (C=O) groups excluding carboxylic acids is 1. The topological polar surface area (TPSA) is 84.9 Å². The van der Waals surface area contributed by atoms with Crippen LogP contribution in [0.25, 0.3) is 0 Å². The highest BCUT2D eigenvalue weighted by molar-refractivity contribution is 7.92. The highest BCUT2D eigenvalue weighted by Gasteiger charge is 2.18. The number of carbonyl (C=O) groups is 1. The molecule has 1 atom stereocenters. The van der Waals surface area contributed by atoms with Gasteiger partial charge >= 0.3 is 0 Å². The van der Waals surface area contributed by atoms with Gasteiger partial charge in [0.1, 0.15) is 18.1 Å². The molecule has 0 heterocycles. The smallest absolute Gasteiger partial charge is 0.261 e. The summed E-state index contributed by atoms with van der Waals surface area (Å²) in [6.07, 6.45) is 1.97. The quantitative estimate of drug-likeness (QED) is 0.550. The number of nitrogens with one attached hydrogen (secondary N) is 1. The molecule has 30 heavy (non-hydrogen) atoms. The number of hydrogen-bond acceptors (Lipinski definition) is 5. The Morgan fingerprint density at radius 1 is 1.03 bits per heavy atom. The minimum absolute atomic E-state index is 0.222. The van der Waals surface area contributed by atoms with Crippen LogP contribution >= 0.6 is 0 Å². The van der Waals surface area contributed by atoms with Crippen LogP contribution in [0.5, 0.6) is 11.5 Å². The van der Waals surface area contributed by atoms with Crippen LogP contribution in [-0.4, -0.2) is 46.9 Å². The molecular formula is C22H30N2O5S. The van der Waals surface area contributed by atoms with Crippen molar-refractivity contribution >= 4 is 21.6 Å². The van der Waals surface area contributed by atoms with Crippen molar-refractivity contribution in [2.75, 3.05) is 30.8 Å². The molecule has 0 spiro atoms. The van der Waals surface area contributed by atoms with Crippen LogP contribution in [0.2, 0.25) is 0 Å². The number of sulfonamides is 1. The number of aryl methyl sites for hydroxylation is 1. The first-order valence-corrected chi connectivity index (χ1v) is 11.8. The molecule has 0 aliphatic heterocycles. The highest BCUT2D eigenvalue weighted by atomic mass is 32.2. The Bertz CT molecular complexity index is 912. The molecule has 2 aromatic rings. The fourth-order valence-electron chi connectivity index (χ4n) is 2.69. The minimum Gasteiger partial charge on any atom is -0.492 e. The number of hydrogen-bond donors (Lipinski definition) is 1. The summed E-state index contributed by atoms with van der Waals surface area (Å²) in [4.78, 5) is 12.4. The molecule has 0 aliphatic rings. The fourth-order valence-corrected chi connectivity index (χ4v) is 3.20. The van der Waals surface area contributed by atoms with E-state index in [9.17, 15) is 13.2 Å². The van der Waals surface area contributed by atoms with Gasteiger partial charge in [-0.05, 0) is 54.8 Å². The minimum atomic E-state index is -3.33. The van der Waals surface area contributed by atoms with Crippen molar-refractivity contribution in [1.82, 2.24) is 5.32 Å². The SMILES string of the molecule is CCc1ccc(OCCNC(=O)[C@H](CC)Oc2ccc(N(C)S(C)(=O)=O)cc2)cc1. The number of amides is 1. The number of ether oxygens (including phenoxy) is 2. The van der Waals surface area contributed by atoms with Crippen molar-refractivity contribution < 1.29 is 22.7 Å². The Morgan fingerprint density at radius 3 is 2.17 bits per heavy atom. The Kier molecular flexibility index (Phi) is 8.53. The van der Waals surface area contributed by atoms with Crippen LogP contribution < -0.4 is 19.1 Å². The molecule has 1 amide bonds. The number of anilines is 1. The van der Waals surface area contributed by atoms with E-state index in [0.29, 0.717) is 31.0 Å². The third kappa shape index (κ3) is 6.95. The first-order valence-electron chi connectivity index (χ1n) is 9.94. The lowest BCUT2D eigenvalue weighted by atomic mass is 10.2. The molecule has 2 aromatic carbocycles. The van der Waals surface area contributed by atoms with Gasteiger partial charge in [-0.15, -0.1) is 0 Å². The van der Waals surface area contributed by atoms with Gasteiger partial charge < -0.3 is 14.8 Å². The monoisotopic (exact) mass is 434 g/mol. The lowest BCUT2D eigenvalue weighted by Crippen LogP contribution is -2.39. The highest BCUT2D eigenvalue weighted by Crippen LogP contribution is 2.21. The van der Waals surface area contributed by atoms with Crippen LogP contribution in [0.4, 0.5) is 5.69 Å². The molecule has 0 saturated heterocycles. The molecule has 0 aromatic heterocycles. The number of rotatable bonds is 11. The third-order valence-electron chi connectivity index (χ3n) is 4.64. The van der Waals surface area contributed by atoms with Gasteiger partial charge in [0, 0.05) is 7.05 Å². The summed E-state index contributed by atoms with van der Waals surface area (Å²) < 4.78 is 35.8. The Hall–Kier alpha value is -2.74. The molecule has 0 unspecified atom stereocenters. The predicted octanol–water partition coefficient (Wildman–Crippen LogP) is 3.00. The number of nitrogens with zero attached hydrogens (tertiary/aromatic N) is 1. The predicted molar refractivity (Wildman–Crippen MR) is 119 cm³/mol. The normalized spacial score (nSPS) is 12.1. The molecule has 0 radical (unpaired) electrons. The van der Waals surface area contributed by atoms with Gasteiger partial charge in [0.15, 0.2) is 6.10 Å². The van der Waals surface area contributed by atoms with E-state index in [1.165, 1.54) is 16.9 Å². The molecule has 1 N–H and O–H groups in total.